The summed E-state index contributed by atoms with van der Waals surface area (Å²) in [5, 5.41) is 13.8. The molecular formula is C15H21N5O2S. The van der Waals surface area contributed by atoms with E-state index in [1.807, 2.05) is 26.4 Å². The van der Waals surface area contributed by atoms with Crippen molar-refractivity contribution in [3.63, 3.8) is 0 Å². The van der Waals surface area contributed by atoms with Crippen LogP contribution in [0.4, 0.5) is 11.5 Å². The van der Waals surface area contributed by atoms with Crippen molar-refractivity contribution in [3.8, 4) is 0 Å². The zero-order valence-electron chi connectivity index (χ0n) is 13.3. The smallest absolute Gasteiger partial charge is 0.310 e. The molecule has 2 heterocycles. The third-order valence-corrected chi connectivity index (χ3v) is 4.09. The van der Waals surface area contributed by atoms with Crippen LogP contribution in [0, 0.1) is 10.1 Å². The Labute approximate surface area is 139 Å². The monoisotopic (exact) mass is 335 g/mol. The normalized spacial score (nSPS) is 10.9. The van der Waals surface area contributed by atoms with Gasteiger partial charge in [-0.25, -0.2) is 0 Å². The molecule has 23 heavy (non-hydrogen) atoms. The first-order valence-corrected chi connectivity index (χ1v) is 8.43. The predicted octanol–water partition coefficient (Wildman–Crippen LogP) is 2.72. The molecule has 0 aromatic carbocycles. The van der Waals surface area contributed by atoms with Gasteiger partial charge in [-0.2, -0.15) is 11.8 Å². The van der Waals surface area contributed by atoms with Gasteiger partial charge in [-0.3, -0.25) is 15.1 Å². The van der Waals surface area contributed by atoms with Gasteiger partial charge in [0.05, 0.1) is 10.6 Å². The number of anilines is 1. The molecule has 0 saturated heterocycles. The van der Waals surface area contributed by atoms with Gasteiger partial charge in [-0.05, 0) is 31.8 Å². The molecule has 7 nitrogen and oxygen atoms in total. The molecule has 2 aromatic heterocycles. The zero-order chi connectivity index (χ0) is 16.7. The molecule has 2 rings (SSSR count). The molecule has 0 saturated carbocycles. The summed E-state index contributed by atoms with van der Waals surface area (Å²) in [4.78, 5) is 19.7. The van der Waals surface area contributed by atoms with E-state index >= 15 is 0 Å². The molecule has 2 aromatic rings. The van der Waals surface area contributed by atoms with Gasteiger partial charge in [0.1, 0.15) is 0 Å². The first kappa shape index (κ1) is 17.3. The minimum Gasteiger partial charge on any atom is -0.365 e. The van der Waals surface area contributed by atoms with E-state index in [4.69, 9.17) is 0 Å². The van der Waals surface area contributed by atoms with Gasteiger partial charge in [0.2, 0.25) is 0 Å². The Morgan fingerprint density at radius 1 is 1.43 bits per heavy atom. The van der Waals surface area contributed by atoms with Crippen molar-refractivity contribution in [2.24, 2.45) is 0 Å². The number of H-pyrrole nitrogens is 1. The number of hydrogen-bond acceptors (Lipinski definition) is 6. The van der Waals surface area contributed by atoms with Crippen LogP contribution >= 0.6 is 11.8 Å². The van der Waals surface area contributed by atoms with Crippen molar-refractivity contribution in [1.82, 2.24) is 14.9 Å². The van der Waals surface area contributed by atoms with E-state index in [-0.39, 0.29) is 5.69 Å². The van der Waals surface area contributed by atoms with Crippen molar-refractivity contribution in [3.05, 3.63) is 52.0 Å². The number of nitrogens with zero attached hydrogens (tertiary/aromatic N) is 3. The molecule has 0 spiro atoms. The molecule has 0 unspecified atom stereocenters. The van der Waals surface area contributed by atoms with Crippen LogP contribution in [-0.2, 0) is 12.3 Å². The van der Waals surface area contributed by atoms with Gasteiger partial charge in [0, 0.05) is 43.1 Å². The van der Waals surface area contributed by atoms with Crippen LogP contribution in [0.1, 0.15) is 11.3 Å². The lowest BCUT2D eigenvalue weighted by atomic mass is 10.2. The van der Waals surface area contributed by atoms with Crippen LogP contribution in [0.2, 0.25) is 0 Å². The Balaban J connectivity index is 1.73. The highest BCUT2D eigenvalue weighted by Crippen LogP contribution is 2.21. The lowest BCUT2D eigenvalue weighted by Gasteiger charge is -2.10. The van der Waals surface area contributed by atoms with Gasteiger partial charge in [0.15, 0.2) is 5.82 Å². The highest BCUT2D eigenvalue weighted by Gasteiger charge is 2.13. The molecule has 0 fully saturated rings. The zero-order valence-corrected chi connectivity index (χ0v) is 14.1. The summed E-state index contributed by atoms with van der Waals surface area (Å²) >= 11 is 1.75. The molecule has 0 radical (unpaired) electrons. The first-order chi connectivity index (χ1) is 11.1. The maximum absolute atomic E-state index is 10.8. The van der Waals surface area contributed by atoms with Gasteiger partial charge in [-0.1, -0.05) is 0 Å². The highest BCUT2D eigenvalue weighted by atomic mass is 32.2. The molecular weight excluding hydrogens is 314 g/mol. The number of nitro groups is 1. The average molecular weight is 335 g/mol. The summed E-state index contributed by atoms with van der Waals surface area (Å²) in [5.74, 6) is 2.13. The van der Waals surface area contributed by atoms with Crippen LogP contribution in [0.3, 0.4) is 0 Å². The maximum Gasteiger partial charge on any atom is 0.310 e. The van der Waals surface area contributed by atoms with Crippen LogP contribution < -0.4 is 5.32 Å². The Morgan fingerprint density at radius 3 is 3.00 bits per heavy atom. The van der Waals surface area contributed by atoms with Gasteiger partial charge < -0.3 is 15.2 Å². The van der Waals surface area contributed by atoms with Gasteiger partial charge in [0.25, 0.3) is 0 Å². The SMILES string of the molecule is CN(C)Cc1ccnc(CSCCNc2[nH]ccc2[N+](=O)[O-])c1. The van der Waals surface area contributed by atoms with Crippen molar-refractivity contribution < 1.29 is 4.92 Å². The molecule has 0 bridgehead atoms. The summed E-state index contributed by atoms with van der Waals surface area (Å²) in [6.45, 7) is 1.56. The quantitative estimate of drug-likeness (QED) is 0.416. The van der Waals surface area contributed by atoms with E-state index in [1.54, 1.807) is 18.0 Å². The minimum absolute atomic E-state index is 0.0769. The number of aromatic amines is 1. The van der Waals surface area contributed by atoms with Crippen molar-refractivity contribution in [2.75, 3.05) is 31.7 Å². The Morgan fingerprint density at radius 2 is 2.26 bits per heavy atom. The van der Waals surface area contributed by atoms with E-state index < -0.39 is 4.92 Å². The molecule has 0 amide bonds. The van der Waals surface area contributed by atoms with E-state index in [2.05, 4.69) is 26.3 Å². The largest absolute Gasteiger partial charge is 0.365 e. The highest BCUT2D eigenvalue weighted by molar-refractivity contribution is 7.98. The Kier molecular flexibility index (Phi) is 6.42. The summed E-state index contributed by atoms with van der Waals surface area (Å²) < 4.78 is 0. The molecule has 0 aliphatic heterocycles. The summed E-state index contributed by atoms with van der Waals surface area (Å²) in [7, 11) is 4.08. The second kappa shape index (κ2) is 8.54. The number of hydrogen-bond donors (Lipinski definition) is 2. The molecule has 8 heteroatoms. The van der Waals surface area contributed by atoms with Crippen molar-refractivity contribution >= 4 is 23.3 Å². The third kappa shape index (κ3) is 5.57. The fraction of sp³-hybridized carbons (Fsp3) is 0.400. The molecule has 0 aliphatic carbocycles. The van der Waals surface area contributed by atoms with Crippen molar-refractivity contribution in [2.45, 2.75) is 12.3 Å². The topological polar surface area (TPSA) is 87.1 Å². The second-order valence-corrected chi connectivity index (χ2v) is 6.47. The maximum atomic E-state index is 10.8. The number of aromatic nitrogens is 2. The van der Waals surface area contributed by atoms with Gasteiger partial charge in [-0.15, -0.1) is 0 Å². The predicted molar refractivity (Wildman–Crippen MR) is 93.7 cm³/mol. The number of nitrogens with one attached hydrogen (secondary N) is 2. The fourth-order valence-corrected chi connectivity index (χ4v) is 2.91. The summed E-state index contributed by atoms with van der Waals surface area (Å²) in [5.41, 5.74) is 2.38. The van der Waals surface area contributed by atoms with Crippen molar-refractivity contribution in [1.29, 1.82) is 0 Å². The number of thioether (sulfide) groups is 1. The molecule has 2 N–H and O–H groups in total. The van der Waals surface area contributed by atoms with Crippen LogP contribution in [-0.4, -0.2) is 46.2 Å². The summed E-state index contributed by atoms with van der Waals surface area (Å²) in [6, 6.07) is 5.60. The van der Waals surface area contributed by atoms with E-state index in [0.717, 1.165) is 23.7 Å². The number of pyridine rings is 1. The van der Waals surface area contributed by atoms with Crippen LogP contribution in [0.15, 0.2) is 30.6 Å². The first-order valence-electron chi connectivity index (χ1n) is 7.28. The van der Waals surface area contributed by atoms with E-state index in [0.29, 0.717) is 12.4 Å². The van der Waals surface area contributed by atoms with E-state index in [9.17, 15) is 10.1 Å². The molecule has 0 aliphatic rings. The van der Waals surface area contributed by atoms with Crippen LogP contribution in [0.25, 0.3) is 0 Å². The third-order valence-electron chi connectivity index (χ3n) is 3.10. The lowest BCUT2D eigenvalue weighted by Crippen LogP contribution is -2.11. The van der Waals surface area contributed by atoms with Gasteiger partial charge >= 0.3 is 5.69 Å². The lowest BCUT2D eigenvalue weighted by molar-refractivity contribution is -0.383. The Hall–Kier alpha value is -2.06. The molecule has 0 atom stereocenters. The average Bonchev–Trinajstić information content (AvgIpc) is 2.95. The molecule has 124 valence electrons. The second-order valence-electron chi connectivity index (χ2n) is 5.37. The minimum atomic E-state index is -0.397. The number of rotatable bonds is 9. The Bertz CT molecular complexity index is 644. The van der Waals surface area contributed by atoms with E-state index in [1.165, 1.54) is 11.6 Å². The van der Waals surface area contributed by atoms with Crippen LogP contribution in [0.5, 0.6) is 0 Å². The standard InChI is InChI=1S/C15H21N5O2S/c1-19(2)10-12-3-5-16-13(9-12)11-23-8-7-18-15-14(20(21)22)4-6-17-15/h3-6,9,17-18H,7-8,10-11H2,1-2H3. The summed E-state index contributed by atoms with van der Waals surface area (Å²) in [6.07, 6.45) is 3.41. The fourth-order valence-electron chi connectivity index (χ4n) is 2.15.